The minimum Gasteiger partial charge on any atom is -0.438 e. The van der Waals surface area contributed by atoms with Gasteiger partial charge in [0.25, 0.3) is 0 Å². The second-order valence-corrected chi connectivity index (χ2v) is 7.80. The lowest BCUT2D eigenvalue weighted by atomic mass is 10.1. The summed E-state index contributed by atoms with van der Waals surface area (Å²) in [6.45, 7) is 4.86. The molecule has 1 aliphatic carbocycles. The predicted molar refractivity (Wildman–Crippen MR) is 98.4 cm³/mol. The van der Waals surface area contributed by atoms with Crippen molar-refractivity contribution in [3.63, 3.8) is 0 Å². The lowest BCUT2D eigenvalue weighted by Gasteiger charge is -2.38. The molecule has 2 aliphatic heterocycles. The molecule has 0 unspecified atom stereocenters. The van der Waals surface area contributed by atoms with Crippen LogP contribution in [0.1, 0.15) is 12.5 Å². The molecule has 0 aromatic carbocycles. The van der Waals surface area contributed by atoms with E-state index in [1.165, 1.54) is 6.08 Å². The SMILES string of the molecule is CC1(OC(=O)N2C[C@@H]3[C@@H](CNC(=O)/C=C/c4ccc(N)nc4)[C@@H]3C2)COC1. The van der Waals surface area contributed by atoms with E-state index in [-0.39, 0.29) is 12.0 Å². The van der Waals surface area contributed by atoms with Crippen molar-refractivity contribution in [2.24, 2.45) is 17.8 Å². The van der Waals surface area contributed by atoms with E-state index in [4.69, 9.17) is 15.2 Å². The monoisotopic (exact) mass is 372 g/mol. The van der Waals surface area contributed by atoms with Crippen molar-refractivity contribution in [3.8, 4) is 0 Å². The Labute approximate surface area is 157 Å². The van der Waals surface area contributed by atoms with Gasteiger partial charge in [-0.15, -0.1) is 0 Å². The number of likely N-dealkylation sites (tertiary alicyclic amines) is 1. The molecule has 0 bridgehead atoms. The van der Waals surface area contributed by atoms with Crippen LogP contribution in [-0.4, -0.2) is 60.3 Å². The van der Waals surface area contributed by atoms with E-state index in [0.29, 0.717) is 56.4 Å². The normalized spacial score (nSPS) is 27.7. The summed E-state index contributed by atoms with van der Waals surface area (Å²) < 4.78 is 10.6. The molecule has 0 spiro atoms. The number of carbonyl (C=O) groups is 2. The standard InChI is InChI=1S/C19H24N4O4/c1-19(10-26-11-19)27-18(25)23-8-14-13(15(14)9-23)7-22-17(24)5-3-12-2-4-16(20)21-6-12/h2-6,13-15H,7-11H2,1H3,(H2,20,21)(H,22,24)/b5-3+/t13-,14-,15+. The largest absolute Gasteiger partial charge is 0.438 e. The lowest BCUT2D eigenvalue weighted by molar-refractivity contribution is -0.171. The maximum atomic E-state index is 12.2. The number of amides is 2. The molecular weight excluding hydrogens is 348 g/mol. The number of carbonyl (C=O) groups excluding carboxylic acids is 2. The van der Waals surface area contributed by atoms with Crippen molar-refractivity contribution in [3.05, 3.63) is 30.0 Å². The number of piperidine rings is 1. The van der Waals surface area contributed by atoms with Gasteiger partial charge in [-0.05, 0) is 48.4 Å². The molecule has 0 radical (unpaired) electrons. The highest BCUT2D eigenvalue weighted by Crippen LogP contribution is 2.51. The van der Waals surface area contributed by atoms with E-state index in [1.54, 1.807) is 29.3 Å². The maximum Gasteiger partial charge on any atom is 0.410 e. The second kappa shape index (κ2) is 6.84. The Bertz CT molecular complexity index is 747. The van der Waals surface area contributed by atoms with Gasteiger partial charge in [0.1, 0.15) is 5.82 Å². The highest BCUT2D eigenvalue weighted by Gasteiger charge is 2.57. The Hall–Kier alpha value is -2.61. The topological polar surface area (TPSA) is 107 Å². The molecule has 1 aromatic heterocycles. The van der Waals surface area contributed by atoms with Crippen LogP contribution in [0, 0.1) is 17.8 Å². The number of nitrogen functional groups attached to an aromatic ring is 1. The number of fused-ring (bicyclic) bond motifs is 1. The van der Waals surface area contributed by atoms with Crippen LogP contribution >= 0.6 is 0 Å². The van der Waals surface area contributed by atoms with Gasteiger partial charge >= 0.3 is 6.09 Å². The molecular formula is C19H24N4O4. The Morgan fingerprint density at radius 3 is 2.74 bits per heavy atom. The zero-order chi connectivity index (χ0) is 19.0. The number of ether oxygens (including phenoxy) is 2. The molecule has 2 saturated heterocycles. The van der Waals surface area contributed by atoms with Gasteiger partial charge in [-0.25, -0.2) is 9.78 Å². The summed E-state index contributed by atoms with van der Waals surface area (Å²) in [5.41, 5.74) is 5.88. The van der Waals surface area contributed by atoms with Gasteiger partial charge in [0.05, 0.1) is 13.2 Å². The number of hydrogen-bond donors (Lipinski definition) is 2. The summed E-state index contributed by atoms with van der Waals surface area (Å²) in [4.78, 5) is 29.9. The number of nitrogens with one attached hydrogen (secondary N) is 1. The minimum absolute atomic E-state index is 0.133. The second-order valence-electron chi connectivity index (χ2n) is 7.80. The molecule has 3 atom stereocenters. The Morgan fingerprint density at radius 2 is 2.15 bits per heavy atom. The fourth-order valence-corrected chi connectivity index (χ4v) is 3.79. The quantitative estimate of drug-likeness (QED) is 0.744. The fraction of sp³-hybridized carbons (Fsp3) is 0.526. The highest BCUT2D eigenvalue weighted by molar-refractivity contribution is 5.91. The summed E-state index contributed by atoms with van der Waals surface area (Å²) in [6, 6.07) is 3.50. The van der Waals surface area contributed by atoms with Crippen molar-refractivity contribution in [1.29, 1.82) is 0 Å². The third-order valence-electron chi connectivity index (χ3n) is 5.53. The number of hydrogen-bond acceptors (Lipinski definition) is 6. The van der Waals surface area contributed by atoms with Gasteiger partial charge in [0.15, 0.2) is 5.60 Å². The number of rotatable bonds is 5. The molecule has 3 fully saturated rings. The van der Waals surface area contributed by atoms with E-state index in [2.05, 4.69) is 10.3 Å². The van der Waals surface area contributed by atoms with Gasteiger partial charge in [0.2, 0.25) is 5.91 Å². The van der Waals surface area contributed by atoms with E-state index >= 15 is 0 Å². The van der Waals surface area contributed by atoms with Gasteiger partial charge in [0, 0.05) is 31.9 Å². The summed E-state index contributed by atoms with van der Waals surface area (Å²) in [6.07, 6.45) is 4.57. The van der Waals surface area contributed by atoms with Crippen LogP contribution in [0.3, 0.4) is 0 Å². The zero-order valence-electron chi connectivity index (χ0n) is 15.3. The van der Waals surface area contributed by atoms with Crippen molar-refractivity contribution in [2.75, 3.05) is 38.6 Å². The number of pyridine rings is 1. The van der Waals surface area contributed by atoms with Crippen molar-refractivity contribution in [1.82, 2.24) is 15.2 Å². The highest BCUT2D eigenvalue weighted by atomic mass is 16.6. The van der Waals surface area contributed by atoms with E-state index < -0.39 is 5.60 Å². The zero-order valence-corrected chi connectivity index (χ0v) is 15.3. The van der Waals surface area contributed by atoms with Gasteiger partial charge in [-0.1, -0.05) is 0 Å². The Morgan fingerprint density at radius 1 is 1.41 bits per heavy atom. The summed E-state index contributed by atoms with van der Waals surface area (Å²) in [5, 5.41) is 2.93. The van der Waals surface area contributed by atoms with Crippen molar-refractivity contribution >= 4 is 23.9 Å². The first-order valence-electron chi connectivity index (χ1n) is 9.17. The van der Waals surface area contributed by atoms with Crippen LogP contribution in [0.2, 0.25) is 0 Å². The lowest BCUT2D eigenvalue weighted by Crippen LogP contribution is -2.52. The maximum absolute atomic E-state index is 12.2. The summed E-state index contributed by atoms with van der Waals surface area (Å²) in [7, 11) is 0. The summed E-state index contributed by atoms with van der Waals surface area (Å²) >= 11 is 0. The average molecular weight is 372 g/mol. The van der Waals surface area contributed by atoms with Crippen LogP contribution in [0.25, 0.3) is 6.08 Å². The first-order valence-corrected chi connectivity index (χ1v) is 9.17. The number of anilines is 1. The van der Waals surface area contributed by atoms with Gasteiger partial charge in [-0.2, -0.15) is 0 Å². The Kier molecular flexibility index (Phi) is 4.51. The molecule has 4 rings (SSSR count). The smallest absolute Gasteiger partial charge is 0.410 e. The molecule has 144 valence electrons. The van der Waals surface area contributed by atoms with Crippen LogP contribution in [-0.2, 0) is 14.3 Å². The number of nitrogens with zero attached hydrogens (tertiary/aromatic N) is 2. The predicted octanol–water partition coefficient (Wildman–Crippen LogP) is 0.896. The van der Waals surface area contributed by atoms with Crippen molar-refractivity contribution in [2.45, 2.75) is 12.5 Å². The van der Waals surface area contributed by atoms with Crippen LogP contribution in [0.4, 0.5) is 10.6 Å². The van der Waals surface area contributed by atoms with Crippen LogP contribution < -0.4 is 11.1 Å². The molecule has 27 heavy (non-hydrogen) atoms. The van der Waals surface area contributed by atoms with Gasteiger partial charge < -0.3 is 25.4 Å². The average Bonchev–Trinajstić information content (AvgIpc) is 3.07. The third kappa shape index (κ3) is 3.90. The molecule has 3 N–H and O–H groups in total. The number of aromatic nitrogens is 1. The van der Waals surface area contributed by atoms with Crippen LogP contribution in [0.5, 0.6) is 0 Å². The first-order chi connectivity index (χ1) is 12.9. The molecule has 3 aliphatic rings. The van der Waals surface area contributed by atoms with E-state index in [0.717, 1.165) is 5.56 Å². The first kappa shape index (κ1) is 17.8. The molecule has 8 nitrogen and oxygen atoms in total. The molecule has 1 saturated carbocycles. The van der Waals surface area contributed by atoms with E-state index in [9.17, 15) is 9.59 Å². The molecule has 8 heteroatoms. The molecule has 3 heterocycles. The van der Waals surface area contributed by atoms with E-state index in [1.807, 2.05) is 6.92 Å². The molecule has 2 amide bonds. The Balaban J connectivity index is 1.17. The molecule has 1 aromatic rings. The van der Waals surface area contributed by atoms with Crippen molar-refractivity contribution < 1.29 is 19.1 Å². The summed E-state index contributed by atoms with van der Waals surface area (Å²) in [5.74, 6) is 1.66. The van der Waals surface area contributed by atoms with Crippen LogP contribution in [0.15, 0.2) is 24.4 Å². The fourth-order valence-electron chi connectivity index (χ4n) is 3.79. The van der Waals surface area contributed by atoms with Gasteiger partial charge in [-0.3, -0.25) is 4.79 Å². The third-order valence-corrected chi connectivity index (χ3v) is 5.53. The minimum atomic E-state index is -0.469. The number of nitrogens with two attached hydrogens (primary N) is 1.